The third-order valence-electron chi connectivity index (χ3n) is 10.9. The van der Waals surface area contributed by atoms with Crippen LogP contribution in [0.25, 0.3) is 0 Å². The largest absolute Gasteiger partial charge is 0.128 e. The van der Waals surface area contributed by atoms with Gasteiger partial charge >= 0.3 is 0 Å². The second kappa shape index (κ2) is 5.78. The lowest BCUT2D eigenvalue weighted by Gasteiger charge is -2.69. The van der Waals surface area contributed by atoms with Crippen molar-refractivity contribution in [2.45, 2.75) is 105 Å². The molecule has 0 N–H and O–H groups in total. The highest BCUT2D eigenvalue weighted by molar-refractivity contribution is 6.40. The Hall–Kier alpha value is 0.0649. The average molecular weight is 342 g/mol. The minimum atomic E-state index is 0.626. The summed E-state index contributed by atoms with van der Waals surface area (Å²) >= 11 is 0. The number of hydrogen-bond donors (Lipinski definition) is 0. The molecule has 0 radical (unpaired) electrons. The molecule has 0 nitrogen and oxygen atoms in total. The van der Waals surface area contributed by atoms with Gasteiger partial charge in [0.25, 0.3) is 0 Å². The van der Waals surface area contributed by atoms with Crippen LogP contribution in [0.2, 0.25) is 11.6 Å². The van der Waals surface area contributed by atoms with E-state index < -0.39 is 0 Å². The van der Waals surface area contributed by atoms with Gasteiger partial charge in [-0.1, -0.05) is 85.8 Å². The Bertz CT molecular complexity index is 520. The second-order valence-electron chi connectivity index (χ2n) is 12.3. The smallest absolute Gasteiger partial charge is 0.0654 e. The molecule has 0 spiro atoms. The molecule has 0 heterocycles. The lowest BCUT2D eigenvalue weighted by molar-refractivity contribution is -0.153. The highest BCUT2D eigenvalue weighted by Gasteiger charge is 2.63. The predicted molar refractivity (Wildman–Crippen MR) is 111 cm³/mol. The van der Waals surface area contributed by atoms with Crippen LogP contribution in [0, 0.1) is 45.8 Å². The van der Waals surface area contributed by atoms with Crippen LogP contribution in [0.4, 0.5) is 0 Å². The van der Waals surface area contributed by atoms with E-state index in [4.69, 9.17) is 0 Å². The van der Waals surface area contributed by atoms with Crippen LogP contribution < -0.4 is 0 Å². The predicted octanol–water partition coefficient (Wildman–Crippen LogP) is 6.96. The van der Waals surface area contributed by atoms with E-state index in [1.807, 2.05) is 0 Å². The summed E-state index contributed by atoms with van der Waals surface area (Å²) in [7, 11) is 1.56. The molecule has 4 bridgehead atoms. The molecule has 25 heavy (non-hydrogen) atoms. The third kappa shape index (κ3) is 2.46. The van der Waals surface area contributed by atoms with Gasteiger partial charge in [0.15, 0.2) is 0 Å². The van der Waals surface area contributed by atoms with Crippen molar-refractivity contribution in [1.29, 1.82) is 0 Å². The Morgan fingerprint density at radius 3 is 2.12 bits per heavy atom. The monoisotopic (exact) mass is 342 g/mol. The van der Waals surface area contributed by atoms with Crippen LogP contribution in [-0.2, 0) is 0 Å². The lowest BCUT2D eigenvalue weighted by Crippen LogP contribution is -2.61. The summed E-state index contributed by atoms with van der Waals surface area (Å²) in [5.41, 5.74) is 1.91. The van der Waals surface area contributed by atoms with E-state index in [-0.39, 0.29) is 0 Å². The molecule has 6 fully saturated rings. The van der Waals surface area contributed by atoms with Crippen molar-refractivity contribution >= 4 is 7.28 Å². The molecule has 6 rings (SSSR count). The van der Waals surface area contributed by atoms with E-state index in [1.54, 1.807) is 33.0 Å². The van der Waals surface area contributed by atoms with E-state index in [9.17, 15) is 0 Å². The fourth-order valence-electron chi connectivity index (χ4n) is 8.67. The maximum atomic E-state index is 2.72. The summed E-state index contributed by atoms with van der Waals surface area (Å²) in [6.07, 6.45) is 10.5. The maximum absolute atomic E-state index is 2.72. The molecular formula is C24H43B. The Kier molecular flexibility index (Phi) is 4.26. The van der Waals surface area contributed by atoms with Gasteiger partial charge in [0, 0.05) is 0 Å². The van der Waals surface area contributed by atoms with Crippen LogP contribution in [0.3, 0.4) is 0 Å². The van der Waals surface area contributed by atoms with Gasteiger partial charge in [-0.25, -0.2) is 0 Å². The molecule has 1 heteroatoms. The minimum absolute atomic E-state index is 0.626. The van der Waals surface area contributed by atoms with Crippen molar-refractivity contribution in [2.24, 2.45) is 45.8 Å². The summed E-state index contributed by atoms with van der Waals surface area (Å²) in [4.78, 5) is 0. The molecule has 0 aromatic heterocycles. The van der Waals surface area contributed by atoms with Crippen LogP contribution in [-0.4, -0.2) is 7.28 Å². The van der Waals surface area contributed by atoms with Crippen LogP contribution in [0.1, 0.15) is 93.4 Å². The standard InChI is InChI=1S/C24H43B/c1-8-9-10-24(7)20-13-17(23(20,5)6)14-21(24)25-19-12-16-11-18(15(19)2)22(16,3)4/h15-21,25H,8-14H2,1-7H3. The average Bonchev–Trinajstić information content (AvgIpc) is 2.55. The lowest BCUT2D eigenvalue weighted by atomic mass is 9.27. The molecule has 8 atom stereocenters. The van der Waals surface area contributed by atoms with E-state index in [0.717, 1.165) is 41.2 Å². The van der Waals surface area contributed by atoms with Crippen molar-refractivity contribution in [3.63, 3.8) is 0 Å². The van der Waals surface area contributed by atoms with Crippen LogP contribution in [0.15, 0.2) is 0 Å². The molecule has 0 aliphatic heterocycles. The molecule has 6 saturated carbocycles. The van der Waals surface area contributed by atoms with Crippen molar-refractivity contribution in [3.05, 3.63) is 0 Å². The van der Waals surface area contributed by atoms with E-state index >= 15 is 0 Å². The van der Waals surface area contributed by atoms with Crippen molar-refractivity contribution in [2.75, 3.05) is 0 Å². The highest BCUT2D eigenvalue weighted by Crippen LogP contribution is 2.72. The Balaban J connectivity index is 1.50. The first-order chi connectivity index (χ1) is 11.6. The molecule has 0 aromatic carbocycles. The molecule has 0 saturated heterocycles. The molecule has 142 valence electrons. The van der Waals surface area contributed by atoms with E-state index in [1.165, 1.54) is 19.3 Å². The number of fused-ring (bicyclic) bond motifs is 4. The topological polar surface area (TPSA) is 0 Å². The van der Waals surface area contributed by atoms with Crippen molar-refractivity contribution < 1.29 is 0 Å². The normalized spacial score (nSPS) is 52.0. The van der Waals surface area contributed by atoms with Crippen LogP contribution >= 0.6 is 0 Å². The maximum Gasteiger partial charge on any atom is 0.128 e. The molecule has 6 aliphatic rings. The molecule has 8 unspecified atom stereocenters. The van der Waals surface area contributed by atoms with Gasteiger partial charge in [0.1, 0.15) is 7.28 Å². The van der Waals surface area contributed by atoms with Crippen molar-refractivity contribution in [1.82, 2.24) is 0 Å². The summed E-state index contributed by atoms with van der Waals surface area (Å²) in [6.45, 7) is 18.0. The van der Waals surface area contributed by atoms with Gasteiger partial charge in [-0.3, -0.25) is 0 Å². The summed E-state index contributed by atoms with van der Waals surface area (Å²) < 4.78 is 0. The van der Waals surface area contributed by atoms with E-state index in [2.05, 4.69) is 48.5 Å². The van der Waals surface area contributed by atoms with Gasteiger partial charge in [-0.05, 0) is 65.1 Å². The van der Waals surface area contributed by atoms with Gasteiger partial charge < -0.3 is 0 Å². The highest BCUT2D eigenvalue weighted by atomic mass is 14.7. The van der Waals surface area contributed by atoms with Crippen LogP contribution in [0.5, 0.6) is 0 Å². The summed E-state index contributed by atoms with van der Waals surface area (Å²) in [5, 5.41) is 0. The number of unbranched alkanes of at least 4 members (excludes halogenated alkanes) is 1. The fraction of sp³-hybridized carbons (Fsp3) is 1.00. The summed E-state index contributed by atoms with van der Waals surface area (Å²) in [6, 6.07) is 0. The van der Waals surface area contributed by atoms with Gasteiger partial charge in [0.05, 0.1) is 0 Å². The zero-order valence-electron chi connectivity index (χ0n) is 18.2. The van der Waals surface area contributed by atoms with Gasteiger partial charge in [-0.15, -0.1) is 0 Å². The Morgan fingerprint density at radius 2 is 1.56 bits per heavy atom. The number of hydrogen-bond acceptors (Lipinski definition) is 0. The summed E-state index contributed by atoms with van der Waals surface area (Å²) in [5.74, 6) is 7.11. The SMILES string of the molecule is CCCCC1(C)C(BC2CC3CC(C2C)C3(C)C)CC2CC1C2(C)C. The van der Waals surface area contributed by atoms with Crippen molar-refractivity contribution in [3.8, 4) is 0 Å². The fourth-order valence-corrected chi connectivity index (χ4v) is 8.67. The first-order valence-electron chi connectivity index (χ1n) is 11.6. The zero-order valence-corrected chi connectivity index (χ0v) is 18.2. The quantitative estimate of drug-likeness (QED) is 0.474. The number of rotatable bonds is 5. The first kappa shape index (κ1) is 18.4. The Labute approximate surface area is 158 Å². The first-order valence-corrected chi connectivity index (χ1v) is 11.6. The van der Waals surface area contributed by atoms with Gasteiger partial charge in [-0.2, -0.15) is 0 Å². The second-order valence-corrected chi connectivity index (χ2v) is 12.3. The third-order valence-corrected chi connectivity index (χ3v) is 10.9. The molecular weight excluding hydrogens is 299 g/mol. The zero-order chi connectivity index (χ0) is 18.2. The molecule has 6 aliphatic carbocycles. The Morgan fingerprint density at radius 1 is 0.880 bits per heavy atom. The molecule has 0 aromatic rings. The van der Waals surface area contributed by atoms with Gasteiger partial charge in [0.2, 0.25) is 0 Å². The minimum Gasteiger partial charge on any atom is -0.0654 e. The van der Waals surface area contributed by atoms with E-state index in [0.29, 0.717) is 16.2 Å². The molecule has 0 amide bonds.